The van der Waals surface area contributed by atoms with E-state index in [1.807, 2.05) is 6.07 Å². The summed E-state index contributed by atoms with van der Waals surface area (Å²) in [6.45, 7) is 0. The van der Waals surface area contributed by atoms with Crippen molar-refractivity contribution in [3.8, 4) is 6.07 Å². The fraction of sp³-hybridized carbons (Fsp3) is 0.250. The van der Waals surface area contributed by atoms with Crippen molar-refractivity contribution in [1.82, 2.24) is 0 Å². The molecule has 0 radical (unpaired) electrons. The lowest BCUT2D eigenvalue weighted by Gasteiger charge is -2.37. The number of carbonyl (C=O) groups excluding carboxylic acids is 1. The lowest BCUT2D eigenvalue weighted by Crippen LogP contribution is -2.44. The molecule has 21 heavy (non-hydrogen) atoms. The third-order valence-electron chi connectivity index (χ3n) is 3.73. The quantitative estimate of drug-likeness (QED) is 0.860. The average molecular weight is 301 g/mol. The van der Waals surface area contributed by atoms with E-state index in [1.54, 1.807) is 35.2 Å². The van der Waals surface area contributed by atoms with Gasteiger partial charge in [0.05, 0.1) is 11.3 Å². The van der Waals surface area contributed by atoms with Gasteiger partial charge in [-0.2, -0.15) is 5.26 Å². The van der Waals surface area contributed by atoms with Crippen LogP contribution in [0.4, 0.5) is 5.69 Å². The molecule has 1 aromatic heterocycles. The Kier molecular flexibility index (Phi) is 3.68. The molecule has 0 spiro atoms. The molecule has 1 aromatic carbocycles. The lowest BCUT2D eigenvalue weighted by molar-refractivity contribution is 0.0937. The summed E-state index contributed by atoms with van der Waals surface area (Å²) < 4.78 is 5.23. The molecule has 1 aliphatic carbocycles. The highest BCUT2D eigenvalue weighted by Crippen LogP contribution is 2.33. The predicted molar refractivity (Wildman–Crippen MR) is 79.3 cm³/mol. The molecule has 0 bridgehead atoms. The number of hydrogen-bond acceptors (Lipinski definition) is 3. The van der Waals surface area contributed by atoms with E-state index in [4.69, 9.17) is 16.0 Å². The van der Waals surface area contributed by atoms with Gasteiger partial charge >= 0.3 is 0 Å². The second kappa shape index (κ2) is 5.63. The van der Waals surface area contributed by atoms with Gasteiger partial charge in [-0.3, -0.25) is 4.79 Å². The number of rotatable bonds is 3. The Labute approximate surface area is 127 Å². The largest absolute Gasteiger partial charge is 0.440 e. The Bertz CT molecular complexity index is 713. The van der Waals surface area contributed by atoms with Gasteiger partial charge in [0.15, 0.2) is 11.0 Å². The van der Waals surface area contributed by atoms with Gasteiger partial charge in [0, 0.05) is 6.04 Å². The number of hydrogen-bond donors (Lipinski definition) is 0. The summed E-state index contributed by atoms with van der Waals surface area (Å²) >= 11 is 5.75. The number of carbonyl (C=O) groups is 1. The van der Waals surface area contributed by atoms with Crippen LogP contribution < -0.4 is 4.90 Å². The van der Waals surface area contributed by atoms with Gasteiger partial charge in [-0.1, -0.05) is 12.1 Å². The zero-order chi connectivity index (χ0) is 14.8. The topological polar surface area (TPSA) is 57.2 Å². The fourth-order valence-electron chi connectivity index (χ4n) is 2.44. The number of halogens is 1. The summed E-state index contributed by atoms with van der Waals surface area (Å²) in [5.41, 5.74) is 1.11. The minimum Gasteiger partial charge on any atom is -0.440 e. The first-order valence-corrected chi connectivity index (χ1v) is 7.16. The molecule has 5 heteroatoms. The second-order valence-corrected chi connectivity index (χ2v) is 5.37. The third kappa shape index (κ3) is 2.53. The molecule has 0 N–H and O–H groups in total. The minimum absolute atomic E-state index is 0.107. The van der Waals surface area contributed by atoms with Crippen molar-refractivity contribution >= 4 is 23.2 Å². The van der Waals surface area contributed by atoms with Gasteiger partial charge in [-0.15, -0.1) is 0 Å². The smallest absolute Gasteiger partial charge is 0.294 e. The van der Waals surface area contributed by atoms with Crippen LogP contribution in [-0.4, -0.2) is 11.9 Å². The van der Waals surface area contributed by atoms with E-state index in [0.717, 1.165) is 19.3 Å². The van der Waals surface area contributed by atoms with Crippen LogP contribution in [0.5, 0.6) is 0 Å². The molecule has 1 saturated carbocycles. The van der Waals surface area contributed by atoms with Crippen molar-refractivity contribution < 1.29 is 9.21 Å². The number of amides is 1. The summed E-state index contributed by atoms with van der Waals surface area (Å²) in [6, 6.07) is 12.5. The Morgan fingerprint density at radius 2 is 2.05 bits per heavy atom. The Balaban J connectivity index is 2.02. The number of anilines is 1. The van der Waals surface area contributed by atoms with E-state index in [1.165, 1.54) is 0 Å². The fourth-order valence-corrected chi connectivity index (χ4v) is 2.59. The van der Waals surface area contributed by atoms with Crippen molar-refractivity contribution in [1.29, 1.82) is 5.26 Å². The van der Waals surface area contributed by atoms with Crippen molar-refractivity contribution in [2.45, 2.75) is 25.3 Å². The van der Waals surface area contributed by atoms with Crippen molar-refractivity contribution in [3.05, 3.63) is 52.9 Å². The highest BCUT2D eigenvalue weighted by molar-refractivity contribution is 6.29. The van der Waals surface area contributed by atoms with Crippen LogP contribution in [0.3, 0.4) is 0 Å². The zero-order valence-electron chi connectivity index (χ0n) is 11.3. The second-order valence-electron chi connectivity index (χ2n) is 4.99. The number of nitrogens with zero attached hydrogens (tertiary/aromatic N) is 2. The number of furan rings is 1. The maximum Gasteiger partial charge on any atom is 0.294 e. The Hall–Kier alpha value is -2.25. The first-order valence-electron chi connectivity index (χ1n) is 6.78. The van der Waals surface area contributed by atoms with E-state index < -0.39 is 0 Å². The van der Waals surface area contributed by atoms with Crippen LogP contribution in [0.2, 0.25) is 5.22 Å². The van der Waals surface area contributed by atoms with Gasteiger partial charge < -0.3 is 9.32 Å². The Morgan fingerprint density at radius 3 is 2.62 bits per heavy atom. The van der Waals surface area contributed by atoms with Gasteiger partial charge in [-0.25, -0.2) is 0 Å². The molecule has 0 atom stereocenters. The number of nitriles is 1. The van der Waals surface area contributed by atoms with Crippen LogP contribution in [-0.2, 0) is 0 Å². The minimum atomic E-state index is -0.255. The third-order valence-corrected chi connectivity index (χ3v) is 3.93. The maximum absolute atomic E-state index is 12.7. The molecule has 0 unspecified atom stereocenters. The molecule has 4 nitrogen and oxygen atoms in total. The normalized spacial score (nSPS) is 14.3. The van der Waals surface area contributed by atoms with E-state index in [9.17, 15) is 10.1 Å². The maximum atomic E-state index is 12.7. The summed E-state index contributed by atoms with van der Waals surface area (Å²) in [7, 11) is 0. The van der Waals surface area contributed by atoms with E-state index in [0.29, 0.717) is 11.3 Å². The number of benzene rings is 1. The molecule has 1 amide bonds. The molecular formula is C16H13ClN2O2. The van der Waals surface area contributed by atoms with Crippen LogP contribution in [0.1, 0.15) is 35.4 Å². The molecule has 1 fully saturated rings. The average Bonchev–Trinajstić information content (AvgIpc) is 2.88. The number of para-hydroxylation sites is 1. The van der Waals surface area contributed by atoms with E-state index in [2.05, 4.69) is 6.07 Å². The Morgan fingerprint density at radius 1 is 1.29 bits per heavy atom. The molecule has 3 rings (SSSR count). The molecular weight excluding hydrogens is 288 g/mol. The van der Waals surface area contributed by atoms with Crippen molar-refractivity contribution in [2.24, 2.45) is 0 Å². The molecule has 0 saturated heterocycles. The summed E-state index contributed by atoms with van der Waals surface area (Å²) in [5, 5.41) is 9.44. The molecule has 0 aliphatic heterocycles. The first-order chi connectivity index (χ1) is 10.2. The molecule has 106 valence electrons. The molecule has 2 aromatic rings. The van der Waals surface area contributed by atoms with Crippen LogP contribution in [0.25, 0.3) is 0 Å². The molecule has 1 heterocycles. The SMILES string of the molecule is N#Cc1ccccc1N(C(=O)c1ccc(Cl)o1)C1CCC1. The zero-order valence-corrected chi connectivity index (χ0v) is 12.0. The first kappa shape index (κ1) is 13.7. The predicted octanol–water partition coefficient (Wildman–Crippen LogP) is 4.00. The summed E-state index contributed by atoms with van der Waals surface area (Å²) in [4.78, 5) is 14.4. The van der Waals surface area contributed by atoms with Gasteiger partial charge in [0.2, 0.25) is 0 Å². The highest BCUT2D eigenvalue weighted by Gasteiger charge is 2.33. The summed E-state index contributed by atoms with van der Waals surface area (Å²) in [5.74, 6) is -0.0612. The van der Waals surface area contributed by atoms with Crippen molar-refractivity contribution in [3.63, 3.8) is 0 Å². The van der Waals surface area contributed by atoms with E-state index in [-0.39, 0.29) is 22.9 Å². The highest BCUT2D eigenvalue weighted by atomic mass is 35.5. The molecule has 1 aliphatic rings. The van der Waals surface area contributed by atoms with Crippen molar-refractivity contribution in [2.75, 3.05) is 4.90 Å². The van der Waals surface area contributed by atoms with Gasteiger partial charge in [0.25, 0.3) is 5.91 Å². The van der Waals surface area contributed by atoms with Crippen LogP contribution in [0.15, 0.2) is 40.8 Å². The standard InChI is InChI=1S/C16H13ClN2O2/c17-15-9-8-14(21-15)16(20)19(12-5-3-6-12)13-7-2-1-4-11(13)10-18/h1-2,4,7-9,12H,3,5-6H2. The summed E-state index contributed by atoms with van der Waals surface area (Å²) in [6.07, 6.45) is 2.95. The lowest BCUT2D eigenvalue weighted by atomic mass is 9.90. The van der Waals surface area contributed by atoms with Crippen LogP contribution >= 0.6 is 11.6 Å². The monoisotopic (exact) mass is 300 g/mol. The van der Waals surface area contributed by atoms with Crippen LogP contribution in [0, 0.1) is 11.3 Å². The van der Waals surface area contributed by atoms with Gasteiger partial charge in [0.1, 0.15) is 6.07 Å². The van der Waals surface area contributed by atoms with E-state index >= 15 is 0 Å². The van der Waals surface area contributed by atoms with Gasteiger partial charge in [-0.05, 0) is 55.1 Å².